The van der Waals surface area contributed by atoms with Crippen molar-refractivity contribution in [2.45, 2.75) is 13.0 Å². The highest BCUT2D eigenvalue weighted by Gasteiger charge is 2.07. The third-order valence-corrected chi connectivity index (χ3v) is 3.74. The lowest BCUT2D eigenvalue weighted by Crippen LogP contribution is -2.24. The first-order valence-electron chi connectivity index (χ1n) is 7.72. The van der Waals surface area contributed by atoms with Crippen LogP contribution in [-0.2, 0) is 17.8 Å². The number of alkyl carbamates (subject to hydrolysis) is 1. The highest BCUT2D eigenvalue weighted by Crippen LogP contribution is 2.23. The monoisotopic (exact) mass is 305 g/mol. The van der Waals surface area contributed by atoms with Crippen LogP contribution in [0.4, 0.5) is 4.79 Å². The van der Waals surface area contributed by atoms with Crippen LogP contribution in [0.5, 0.6) is 0 Å². The Morgan fingerprint density at radius 2 is 2.00 bits per heavy atom. The summed E-state index contributed by atoms with van der Waals surface area (Å²) >= 11 is 0. The van der Waals surface area contributed by atoms with Gasteiger partial charge in [0.15, 0.2) is 0 Å². The number of fused-ring (bicyclic) bond motifs is 1. The van der Waals surface area contributed by atoms with Gasteiger partial charge in [0, 0.05) is 6.54 Å². The summed E-state index contributed by atoms with van der Waals surface area (Å²) in [6, 6.07) is 15.9. The predicted molar refractivity (Wildman–Crippen MR) is 92.8 cm³/mol. The van der Waals surface area contributed by atoms with Crippen molar-refractivity contribution >= 4 is 18.2 Å². The van der Waals surface area contributed by atoms with E-state index < -0.39 is 6.09 Å². The maximum absolute atomic E-state index is 11.6. The summed E-state index contributed by atoms with van der Waals surface area (Å²) in [6.45, 7) is 0.735. The van der Waals surface area contributed by atoms with Crippen molar-refractivity contribution in [1.29, 1.82) is 0 Å². The fraction of sp³-hybridized carbons (Fsp3) is 0.150. The Morgan fingerprint density at radius 3 is 2.87 bits per heavy atom. The van der Waals surface area contributed by atoms with Crippen LogP contribution in [0.2, 0.25) is 0 Å². The number of carbonyl (C=O) groups is 1. The second-order valence-corrected chi connectivity index (χ2v) is 5.37. The number of amides is 1. The summed E-state index contributed by atoms with van der Waals surface area (Å²) in [6.07, 6.45) is 8.87. The zero-order chi connectivity index (χ0) is 15.9. The molecule has 0 saturated heterocycles. The number of carbonyl (C=O) groups excluding carboxylic acids is 1. The molecule has 2 aromatic carbocycles. The van der Waals surface area contributed by atoms with Gasteiger partial charge in [-0.15, -0.1) is 0 Å². The molecule has 3 rings (SSSR count). The molecule has 3 nitrogen and oxygen atoms in total. The molecule has 0 atom stereocenters. The average Bonchev–Trinajstić information content (AvgIpc) is 3.07. The Bertz CT molecular complexity index is 733. The minimum absolute atomic E-state index is 0.286. The summed E-state index contributed by atoms with van der Waals surface area (Å²) in [5, 5.41) is 2.73. The Labute approximate surface area is 136 Å². The van der Waals surface area contributed by atoms with Crippen molar-refractivity contribution in [3.8, 4) is 0 Å². The van der Waals surface area contributed by atoms with Gasteiger partial charge in [-0.25, -0.2) is 4.79 Å². The van der Waals surface area contributed by atoms with Gasteiger partial charge in [-0.1, -0.05) is 72.8 Å². The van der Waals surface area contributed by atoms with Crippen LogP contribution in [0.25, 0.3) is 12.2 Å². The van der Waals surface area contributed by atoms with Crippen LogP contribution < -0.4 is 5.32 Å². The Morgan fingerprint density at radius 1 is 1.13 bits per heavy atom. The van der Waals surface area contributed by atoms with Crippen molar-refractivity contribution in [2.75, 3.05) is 6.54 Å². The molecule has 1 N–H and O–H groups in total. The van der Waals surface area contributed by atoms with Gasteiger partial charge >= 0.3 is 6.09 Å². The quantitative estimate of drug-likeness (QED) is 0.899. The number of allylic oxidation sites excluding steroid dienone is 1. The van der Waals surface area contributed by atoms with E-state index in [0.717, 1.165) is 12.0 Å². The molecule has 0 unspecified atom stereocenters. The molecule has 0 aromatic heterocycles. The molecule has 0 fully saturated rings. The van der Waals surface area contributed by atoms with E-state index in [-0.39, 0.29) is 6.61 Å². The van der Waals surface area contributed by atoms with Gasteiger partial charge in [0.2, 0.25) is 0 Å². The van der Waals surface area contributed by atoms with Gasteiger partial charge < -0.3 is 10.1 Å². The molecule has 3 heteroatoms. The van der Waals surface area contributed by atoms with Crippen LogP contribution in [0.3, 0.4) is 0 Å². The number of ether oxygens (including phenoxy) is 1. The molecular formula is C20H19NO2. The fourth-order valence-electron chi connectivity index (χ4n) is 2.58. The largest absolute Gasteiger partial charge is 0.445 e. The van der Waals surface area contributed by atoms with E-state index in [2.05, 4.69) is 35.7 Å². The molecule has 116 valence electrons. The van der Waals surface area contributed by atoms with E-state index in [0.29, 0.717) is 6.54 Å². The number of hydrogen-bond donors (Lipinski definition) is 1. The molecule has 1 amide bonds. The number of rotatable bonds is 5. The second-order valence-electron chi connectivity index (χ2n) is 5.37. The fourth-order valence-corrected chi connectivity index (χ4v) is 2.58. The molecule has 23 heavy (non-hydrogen) atoms. The van der Waals surface area contributed by atoms with E-state index in [1.54, 1.807) is 0 Å². The highest BCUT2D eigenvalue weighted by atomic mass is 16.5. The molecule has 0 heterocycles. The molecule has 1 aliphatic rings. The number of benzene rings is 2. The highest BCUT2D eigenvalue weighted by molar-refractivity contribution is 5.69. The van der Waals surface area contributed by atoms with Crippen LogP contribution in [0, 0.1) is 0 Å². The standard InChI is InChI=1S/C20H19NO2/c22-20(23-15-16-7-2-1-3-8-16)21-14-6-12-18-10-4-9-17-11-5-13-19(17)18/h1-12H,13-15H2,(H,21,22). The van der Waals surface area contributed by atoms with Gasteiger partial charge in [0.25, 0.3) is 0 Å². The van der Waals surface area contributed by atoms with Crippen LogP contribution in [-0.4, -0.2) is 12.6 Å². The van der Waals surface area contributed by atoms with Gasteiger partial charge in [-0.3, -0.25) is 0 Å². The van der Waals surface area contributed by atoms with Gasteiger partial charge in [-0.05, 0) is 28.7 Å². The first kappa shape index (κ1) is 15.1. The summed E-state index contributed by atoms with van der Waals surface area (Å²) in [7, 11) is 0. The maximum Gasteiger partial charge on any atom is 0.407 e. The average molecular weight is 305 g/mol. The molecule has 1 aliphatic carbocycles. The van der Waals surface area contributed by atoms with E-state index >= 15 is 0 Å². The Hall–Kier alpha value is -2.81. The van der Waals surface area contributed by atoms with Crippen molar-refractivity contribution in [2.24, 2.45) is 0 Å². The lowest BCUT2D eigenvalue weighted by atomic mass is 10.0. The summed E-state index contributed by atoms with van der Waals surface area (Å²) in [4.78, 5) is 11.6. The third-order valence-electron chi connectivity index (χ3n) is 3.74. The summed E-state index contributed by atoms with van der Waals surface area (Å²) in [5.41, 5.74) is 4.80. The normalized spacial score (nSPS) is 12.3. The van der Waals surface area contributed by atoms with Gasteiger partial charge in [0.05, 0.1) is 0 Å². The maximum atomic E-state index is 11.6. The molecule has 0 radical (unpaired) electrons. The topological polar surface area (TPSA) is 38.3 Å². The SMILES string of the molecule is O=C(NCC=Cc1cccc2c1CC=C2)OCc1ccccc1. The van der Waals surface area contributed by atoms with Crippen molar-refractivity contribution < 1.29 is 9.53 Å². The van der Waals surface area contributed by atoms with Crippen molar-refractivity contribution in [3.63, 3.8) is 0 Å². The summed E-state index contributed by atoms with van der Waals surface area (Å²) in [5.74, 6) is 0. The Balaban J connectivity index is 1.44. The van der Waals surface area contributed by atoms with Gasteiger partial charge in [-0.2, -0.15) is 0 Å². The molecule has 0 saturated carbocycles. The first-order valence-corrected chi connectivity index (χ1v) is 7.72. The second kappa shape index (κ2) is 7.45. The zero-order valence-electron chi connectivity index (χ0n) is 12.9. The van der Waals surface area contributed by atoms with Gasteiger partial charge in [0.1, 0.15) is 6.61 Å². The summed E-state index contributed by atoms with van der Waals surface area (Å²) < 4.78 is 5.16. The zero-order valence-corrected chi connectivity index (χ0v) is 12.9. The lowest BCUT2D eigenvalue weighted by molar-refractivity contribution is 0.141. The molecular weight excluding hydrogens is 286 g/mol. The lowest BCUT2D eigenvalue weighted by Gasteiger charge is -2.06. The molecule has 0 aliphatic heterocycles. The van der Waals surface area contributed by atoms with Crippen LogP contribution in [0.1, 0.15) is 22.3 Å². The van der Waals surface area contributed by atoms with E-state index in [9.17, 15) is 4.79 Å². The number of hydrogen-bond acceptors (Lipinski definition) is 2. The molecule has 2 aromatic rings. The van der Waals surface area contributed by atoms with E-state index in [4.69, 9.17) is 4.74 Å². The minimum atomic E-state index is -0.404. The third kappa shape index (κ3) is 4.10. The molecule has 0 bridgehead atoms. The van der Waals surface area contributed by atoms with E-state index in [1.165, 1.54) is 16.7 Å². The van der Waals surface area contributed by atoms with Crippen molar-refractivity contribution in [1.82, 2.24) is 5.32 Å². The first-order chi connectivity index (χ1) is 11.3. The van der Waals surface area contributed by atoms with Crippen LogP contribution >= 0.6 is 0 Å². The minimum Gasteiger partial charge on any atom is -0.445 e. The van der Waals surface area contributed by atoms with Crippen molar-refractivity contribution in [3.05, 3.63) is 82.9 Å². The van der Waals surface area contributed by atoms with E-state index in [1.807, 2.05) is 42.5 Å². The number of nitrogens with one attached hydrogen (secondary N) is 1. The van der Waals surface area contributed by atoms with Crippen LogP contribution in [0.15, 0.2) is 60.7 Å². The predicted octanol–water partition coefficient (Wildman–Crippen LogP) is 4.20. The smallest absolute Gasteiger partial charge is 0.407 e. The molecule has 0 spiro atoms. The Kier molecular flexibility index (Phi) is 4.89.